The van der Waals surface area contributed by atoms with Gasteiger partial charge >= 0.3 is 12.1 Å². The van der Waals surface area contributed by atoms with Crippen LogP contribution in [0.1, 0.15) is 70.3 Å². The molecule has 1 unspecified atom stereocenters. The molecule has 0 aromatic heterocycles. The van der Waals surface area contributed by atoms with E-state index in [-0.39, 0.29) is 6.61 Å². The topological polar surface area (TPSA) is 75.6 Å². The number of hydrogen-bond acceptors (Lipinski definition) is 3. The van der Waals surface area contributed by atoms with Crippen molar-refractivity contribution < 1.29 is 19.4 Å². The van der Waals surface area contributed by atoms with Gasteiger partial charge in [-0.05, 0) is 12.0 Å². The first kappa shape index (κ1) is 21.0. The molecular weight excluding hydrogens is 318 g/mol. The number of ether oxygens (including phenoxy) is 1. The summed E-state index contributed by atoms with van der Waals surface area (Å²) in [5.41, 5.74) is 0.868. The van der Waals surface area contributed by atoms with Crippen LogP contribution in [0.2, 0.25) is 0 Å². The number of carboxylic acid groups (broad SMARTS) is 1. The number of aliphatic carboxylic acids is 1. The molecule has 1 aromatic rings. The van der Waals surface area contributed by atoms with Crippen molar-refractivity contribution in [1.82, 2.24) is 5.32 Å². The molecular formula is C20H31NO4. The van der Waals surface area contributed by atoms with Gasteiger partial charge in [0.15, 0.2) is 0 Å². The summed E-state index contributed by atoms with van der Waals surface area (Å²) in [5, 5.41) is 11.7. The van der Waals surface area contributed by atoms with E-state index >= 15 is 0 Å². The fraction of sp³-hybridized carbons (Fsp3) is 0.600. The summed E-state index contributed by atoms with van der Waals surface area (Å²) >= 11 is 0. The summed E-state index contributed by atoms with van der Waals surface area (Å²) in [6.45, 7) is 2.33. The number of alkyl carbamates (subject to hydrolysis) is 1. The minimum atomic E-state index is -1.01. The maximum Gasteiger partial charge on any atom is 0.408 e. The highest BCUT2D eigenvalue weighted by Gasteiger charge is 2.20. The number of nitrogens with one attached hydrogen (secondary N) is 1. The highest BCUT2D eigenvalue weighted by atomic mass is 16.5. The molecule has 0 saturated heterocycles. The first-order valence-corrected chi connectivity index (χ1v) is 9.33. The summed E-state index contributed by atoms with van der Waals surface area (Å²) < 4.78 is 5.08. The lowest BCUT2D eigenvalue weighted by Crippen LogP contribution is -2.40. The van der Waals surface area contributed by atoms with Gasteiger partial charge in [0.05, 0.1) is 0 Å². The van der Waals surface area contributed by atoms with Gasteiger partial charge in [0.25, 0.3) is 0 Å². The number of hydrogen-bond donors (Lipinski definition) is 2. The number of benzene rings is 1. The Kier molecular flexibility index (Phi) is 11.2. The molecule has 5 heteroatoms. The van der Waals surface area contributed by atoms with Crippen molar-refractivity contribution >= 4 is 12.1 Å². The Hall–Kier alpha value is -2.04. The van der Waals surface area contributed by atoms with Crippen molar-refractivity contribution in [2.24, 2.45) is 0 Å². The number of carbonyl (C=O) groups excluding carboxylic acids is 1. The van der Waals surface area contributed by atoms with Crippen LogP contribution in [0.25, 0.3) is 0 Å². The molecule has 25 heavy (non-hydrogen) atoms. The van der Waals surface area contributed by atoms with E-state index in [9.17, 15) is 14.7 Å². The van der Waals surface area contributed by atoms with Crippen LogP contribution < -0.4 is 5.32 Å². The quantitative estimate of drug-likeness (QED) is 0.497. The first-order chi connectivity index (χ1) is 12.1. The van der Waals surface area contributed by atoms with Gasteiger partial charge in [-0.1, -0.05) is 88.6 Å². The molecule has 0 fully saturated rings. The lowest BCUT2D eigenvalue weighted by atomic mass is 10.0. The monoisotopic (exact) mass is 349 g/mol. The zero-order chi connectivity index (χ0) is 18.3. The Bertz CT molecular complexity index is 490. The van der Waals surface area contributed by atoms with E-state index in [1.54, 1.807) is 0 Å². The normalized spacial score (nSPS) is 11.7. The number of carbonyl (C=O) groups is 2. The fourth-order valence-corrected chi connectivity index (χ4v) is 2.65. The molecule has 0 spiro atoms. The van der Waals surface area contributed by atoms with Gasteiger partial charge in [-0.2, -0.15) is 0 Å². The molecule has 140 valence electrons. The van der Waals surface area contributed by atoms with E-state index in [1.807, 2.05) is 30.3 Å². The number of unbranched alkanes of at least 4 members (excludes halogenated alkanes) is 7. The average molecular weight is 349 g/mol. The Morgan fingerprint density at radius 3 is 2.20 bits per heavy atom. The van der Waals surface area contributed by atoms with Crippen molar-refractivity contribution in [1.29, 1.82) is 0 Å². The van der Waals surface area contributed by atoms with Crippen molar-refractivity contribution in [2.75, 3.05) is 0 Å². The van der Waals surface area contributed by atoms with Gasteiger partial charge in [-0.15, -0.1) is 0 Å². The van der Waals surface area contributed by atoms with Crippen LogP contribution in [0, 0.1) is 0 Å². The zero-order valence-electron chi connectivity index (χ0n) is 15.2. The van der Waals surface area contributed by atoms with Gasteiger partial charge in [-0.25, -0.2) is 9.59 Å². The molecule has 1 amide bonds. The highest BCUT2D eigenvalue weighted by molar-refractivity contribution is 5.79. The second kappa shape index (κ2) is 13.3. The Balaban J connectivity index is 2.18. The highest BCUT2D eigenvalue weighted by Crippen LogP contribution is 2.11. The van der Waals surface area contributed by atoms with Crippen LogP contribution in [-0.2, 0) is 16.1 Å². The SMILES string of the molecule is CCCCCCCCCCC(NC(=O)OCc1ccccc1)C(=O)O. The van der Waals surface area contributed by atoms with Crippen molar-refractivity contribution in [3.05, 3.63) is 35.9 Å². The second-order valence-corrected chi connectivity index (χ2v) is 6.36. The van der Waals surface area contributed by atoms with Crippen LogP contribution in [0.5, 0.6) is 0 Å². The van der Waals surface area contributed by atoms with Crippen LogP contribution in [0.3, 0.4) is 0 Å². The third-order valence-corrected chi connectivity index (χ3v) is 4.15. The summed E-state index contributed by atoms with van der Waals surface area (Å²) in [6, 6.07) is 8.42. The molecule has 0 bridgehead atoms. The molecule has 2 N–H and O–H groups in total. The van der Waals surface area contributed by atoms with Crippen molar-refractivity contribution in [3.8, 4) is 0 Å². The standard InChI is InChI=1S/C20H31NO4/c1-2-3-4-5-6-7-8-12-15-18(19(22)23)21-20(24)25-16-17-13-10-9-11-14-17/h9-11,13-14,18H,2-8,12,15-16H2,1H3,(H,21,24)(H,22,23). The predicted molar refractivity (Wildman–Crippen MR) is 98.4 cm³/mol. The van der Waals surface area contributed by atoms with Gasteiger partial charge < -0.3 is 15.2 Å². The molecule has 0 aliphatic carbocycles. The fourth-order valence-electron chi connectivity index (χ4n) is 2.65. The van der Waals surface area contributed by atoms with Crippen LogP contribution >= 0.6 is 0 Å². The van der Waals surface area contributed by atoms with E-state index in [4.69, 9.17) is 4.74 Å². The largest absolute Gasteiger partial charge is 0.480 e. The predicted octanol–water partition coefficient (Wildman–Crippen LogP) is 4.90. The minimum Gasteiger partial charge on any atom is -0.480 e. The van der Waals surface area contributed by atoms with Crippen LogP contribution in [0.15, 0.2) is 30.3 Å². The van der Waals surface area contributed by atoms with Crippen LogP contribution in [-0.4, -0.2) is 23.2 Å². The third kappa shape index (κ3) is 10.4. The Morgan fingerprint density at radius 1 is 1.00 bits per heavy atom. The molecule has 0 saturated carbocycles. The summed E-state index contributed by atoms with van der Waals surface area (Å²) in [7, 11) is 0. The second-order valence-electron chi connectivity index (χ2n) is 6.36. The van der Waals surface area contributed by atoms with Gasteiger partial charge in [0, 0.05) is 0 Å². The third-order valence-electron chi connectivity index (χ3n) is 4.15. The molecule has 1 rings (SSSR count). The number of amides is 1. The molecule has 0 aliphatic heterocycles. The molecule has 0 heterocycles. The molecule has 1 atom stereocenters. The molecule has 5 nitrogen and oxygen atoms in total. The minimum absolute atomic E-state index is 0.136. The van der Waals surface area contributed by atoms with Gasteiger partial charge in [0.2, 0.25) is 0 Å². The van der Waals surface area contributed by atoms with E-state index in [2.05, 4.69) is 12.2 Å². The number of carboxylic acids is 1. The molecule has 0 radical (unpaired) electrons. The Labute approximate surface area is 150 Å². The maximum absolute atomic E-state index is 11.8. The summed E-state index contributed by atoms with van der Waals surface area (Å²) in [4.78, 5) is 23.0. The summed E-state index contributed by atoms with van der Waals surface area (Å²) in [5.74, 6) is -1.01. The van der Waals surface area contributed by atoms with E-state index in [0.717, 1.165) is 24.8 Å². The van der Waals surface area contributed by atoms with Gasteiger partial charge in [0.1, 0.15) is 12.6 Å². The number of rotatable bonds is 13. The molecule has 1 aromatic carbocycles. The smallest absolute Gasteiger partial charge is 0.408 e. The lowest BCUT2D eigenvalue weighted by molar-refractivity contribution is -0.139. The van der Waals surface area contributed by atoms with Gasteiger partial charge in [-0.3, -0.25) is 0 Å². The average Bonchev–Trinajstić information content (AvgIpc) is 2.62. The first-order valence-electron chi connectivity index (χ1n) is 9.33. The zero-order valence-corrected chi connectivity index (χ0v) is 15.2. The van der Waals surface area contributed by atoms with E-state index in [1.165, 1.54) is 32.1 Å². The lowest BCUT2D eigenvalue weighted by Gasteiger charge is -2.14. The van der Waals surface area contributed by atoms with Crippen LogP contribution in [0.4, 0.5) is 4.79 Å². The maximum atomic E-state index is 11.8. The molecule has 0 aliphatic rings. The van der Waals surface area contributed by atoms with Crippen molar-refractivity contribution in [2.45, 2.75) is 77.4 Å². The van der Waals surface area contributed by atoms with Crippen molar-refractivity contribution in [3.63, 3.8) is 0 Å². The van der Waals surface area contributed by atoms with E-state index in [0.29, 0.717) is 6.42 Å². The summed E-state index contributed by atoms with van der Waals surface area (Å²) in [6.07, 6.45) is 8.92. The Morgan fingerprint density at radius 2 is 1.60 bits per heavy atom. The van der Waals surface area contributed by atoms with E-state index < -0.39 is 18.1 Å².